The minimum Gasteiger partial charge on any atom is -0.378 e. The summed E-state index contributed by atoms with van der Waals surface area (Å²) >= 11 is 0. The van der Waals surface area contributed by atoms with Crippen LogP contribution in [0.2, 0.25) is 0 Å². The number of hydrogen-bond acceptors (Lipinski definition) is 7. The van der Waals surface area contributed by atoms with Crippen LogP contribution >= 0.6 is 0 Å². The predicted molar refractivity (Wildman–Crippen MR) is 80.9 cm³/mol. The predicted octanol–water partition coefficient (Wildman–Crippen LogP) is 1.01. The van der Waals surface area contributed by atoms with Gasteiger partial charge < -0.3 is 15.0 Å². The maximum Gasteiger partial charge on any atom is 0.216 e. The van der Waals surface area contributed by atoms with Gasteiger partial charge >= 0.3 is 0 Å². The number of aromatic amines is 1. The second kappa shape index (κ2) is 6.69. The summed E-state index contributed by atoms with van der Waals surface area (Å²) < 4.78 is 5.38. The summed E-state index contributed by atoms with van der Waals surface area (Å²) in [7, 11) is 0. The minimum absolute atomic E-state index is 0.263. The molecule has 0 atom stereocenters. The molecule has 2 heterocycles. The van der Waals surface area contributed by atoms with E-state index in [4.69, 9.17) is 4.74 Å². The number of nitriles is 1. The van der Waals surface area contributed by atoms with E-state index in [0.717, 1.165) is 37.7 Å². The number of morpholine rings is 1. The maximum absolute atomic E-state index is 9.19. The van der Waals surface area contributed by atoms with Gasteiger partial charge in [-0.1, -0.05) is 12.1 Å². The molecule has 3 rings (SSSR count). The molecule has 1 fully saturated rings. The lowest BCUT2D eigenvalue weighted by atomic mass is 10.2. The zero-order valence-corrected chi connectivity index (χ0v) is 11.9. The number of hydrogen-bond donors (Lipinski definition) is 2. The van der Waals surface area contributed by atoms with E-state index in [-0.39, 0.29) is 5.82 Å². The first-order valence-corrected chi connectivity index (χ1v) is 6.91. The van der Waals surface area contributed by atoms with Gasteiger partial charge in [-0.25, -0.2) is 0 Å². The lowest BCUT2D eigenvalue weighted by Gasteiger charge is -2.30. The maximum atomic E-state index is 9.19. The van der Waals surface area contributed by atoms with Crippen molar-refractivity contribution >= 4 is 16.9 Å². The standard InChI is InChI=1S/C14H15N7O/c15-9-11(14-17-19-20-18-14)10-16-12-3-1-2-4-13(12)21-5-7-22-8-6-21/h1-4,10,16H,5-8H2,(H,17,18,19,20). The lowest BCUT2D eigenvalue weighted by Crippen LogP contribution is -2.36. The number of benzene rings is 1. The van der Waals surface area contributed by atoms with Crippen LogP contribution in [-0.4, -0.2) is 46.9 Å². The van der Waals surface area contributed by atoms with Gasteiger partial charge in [0.05, 0.1) is 24.6 Å². The van der Waals surface area contributed by atoms with Crippen LogP contribution in [0.25, 0.3) is 5.57 Å². The molecule has 8 heteroatoms. The van der Waals surface area contributed by atoms with E-state index >= 15 is 0 Å². The van der Waals surface area contributed by atoms with Crippen LogP contribution in [0.15, 0.2) is 30.5 Å². The molecule has 0 bridgehead atoms. The third-order valence-electron chi connectivity index (χ3n) is 3.33. The number of ether oxygens (including phenoxy) is 1. The number of nitrogens with zero attached hydrogens (tertiary/aromatic N) is 5. The minimum atomic E-state index is 0.263. The van der Waals surface area contributed by atoms with Crippen molar-refractivity contribution in [3.8, 4) is 6.07 Å². The monoisotopic (exact) mass is 297 g/mol. The van der Waals surface area contributed by atoms with Gasteiger partial charge in [-0.2, -0.15) is 10.5 Å². The summed E-state index contributed by atoms with van der Waals surface area (Å²) in [5, 5.41) is 25.8. The number of rotatable bonds is 4. The van der Waals surface area contributed by atoms with Crippen LogP contribution in [0.5, 0.6) is 0 Å². The molecule has 1 aromatic heterocycles. The van der Waals surface area contributed by atoms with Crippen molar-refractivity contribution in [3.63, 3.8) is 0 Å². The van der Waals surface area contributed by atoms with Crippen LogP contribution in [0, 0.1) is 11.3 Å². The third-order valence-corrected chi connectivity index (χ3v) is 3.33. The Labute approximate surface area is 127 Å². The second-order valence-corrected chi connectivity index (χ2v) is 4.67. The van der Waals surface area contributed by atoms with Gasteiger partial charge in [-0.05, 0) is 17.3 Å². The fourth-order valence-electron chi connectivity index (χ4n) is 2.25. The Morgan fingerprint density at radius 1 is 1.36 bits per heavy atom. The van der Waals surface area contributed by atoms with E-state index in [2.05, 4.69) is 36.9 Å². The van der Waals surface area contributed by atoms with Gasteiger partial charge in [0, 0.05) is 19.3 Å². The van der Waals surface area contributed by atoms with Crippen LogP contribution in [0.1, 0.15) is 5.82 Å². The molecule has 1 saturated heterocycles. The molecule has 22 heavy (non-hydrogen) atoms. The van der Waals surface area contributed by atoms with Crippen molar-refractivity contribution in [1.29, 1.82) is 5.26 Å². The molecule has 0 saturated carbocycles. The molecule has 2 aromatic rings. The Balaban J connectivity index is 1.82. The molecule has 0 unspecified atom stereocenters. The highest BCUT2D eigenvalue weighted by atomic mass is 16.5. The van der Waals surface area contributed by atoms with Crippen LogP contribution in [-0.2, 0) is 4.74 Å². The zero-order chi connectivity index (χ0) is 15.2. The van der Waals surface area contributed by atoms with E-state index in [1.165, 1.54) is 0 Å². The van der Waals surface area contributed by atoms with E-state index in [0.29, 0.717) is 5.57 Å². The third kappa shape index (κ3) is 3.05. The highest BCUT2D eigenvalue weighted by molar-refractivity contribution is 5.77. The number of allylic oxidation sites excluding steroid dienone is 1. The molecule has 1 aliphatic heterocycles. The van der Waals surface area contributed by atoms with E-state index in [1.54, 1.807) is 6.20 Å². The molecule has 0 amide bonds. The van der Waals surface area contributed by atoms with E-state index in [1.807, 2.05) is 24.3 Å². The van der Waals surface area contributed by atoms with Gasteiger partial charge in [0.2, 0.25) is 5.82 Å². The molecule has 8 nitrogen and oxygen atoms in total. The number of para-hydroxylation sites is 2. The molecular weight excluding hydrogens is 282 g/mol. The SMILES string of the molecule is N#CC(=CNc1ccccc1N1CCOCC1)c1nn[nH]n1. The second-order valence-electron chi connectivity index (χ2n) is 4.67. The van der Waals surface area contributed by atoms with E-state index in [9.17, 15) is 5.26 Å². The summed E-state index contributed by atoms with van der Waals surface area (Å²) in [5.41, 5.74) is 2.30. The lowest BCUT2D eigenvalue weighted by molar-refractivity contribution is 0.123. The molecule has 1 aliphatic rings. The van der Waals surface area contributed by atoms with Crippen LogP contribution in [0.4, 0.5) is 11.4 Å². The molecular formula is C14H15N7O. The zero-order valence-electron chi connectivity index (χ0n) is 11.9. The summed E-state index contributed by atoms with van der Waals surface area (Å²) in [6, 6.07) is 10.00. The van der Waals surface area contributed by atoms with Gasteiger partial charge in [0.1, 0.15) is 11.6 Å². The van der Waals surface area contributed by atoms with Crippen molar-refractivity contribution in [2.24, 2.45) is 0 Å². The highest BCUT2D eigenvalue weighted by Crippen LogP contribution is 2.26. The Bertz CT molecular complexity index is 683. The average molecular weight is 297 g/mol. The molecule has 0 spiro atoms. The Morgan fingerprint density at radius 3 is 2.91 bits per heavy atom. The smallest absolute Gasteiger partial charge is 0.216 e. The first-order chi connectivity index (χ1) is 10.9. The molecule has 2 N–H and O–H groups in total. The normalized spacial score (nSPS) is 15.4. The Morgan fingerprint density at radius 2 is 2.18 bits per heavy atom. The highest BCUT2D eigenvalue weighted by Gasteiger charge is 2.14. The van der Waals surface area contributed by atoms with Crippen molar-refractivity contribution in [2.45, 2.75) is 0 Å². The van der Waals surface area contributed by atoms with Gasteiger partial charge in [0.25, 0.3) is 0 Å². The first-order valence-electron chi connectivity index (χ1n) is 6.91. The number of anilines is 2. The summed E-state index contributed by atoms with van der Waals surface area (Å²) in [6.45, 7) is 3.13. The van der Waals surface area contributed by atoms with Crippen molar-refractivity contribution in [1.82, 2.24) is 20.6 Å². The molecule has 0 aliphatic carbocycles. The van der Waals surface area contributed by atoms with Gasteiger partial charge in [0.15, 0.2) is 0 Å². The quantitative estimate of drug-likeness (QED) is 0.812. The summed E-state index contributed by atoms with van der Waals surface area (Å²) in [4.78, 5) is 2.25. The van der Waals surface area contributed by atoms with Crippen LogP contribution in [0.3, 0.4) is 0 Å². The summed E-state index contributed by atoms with van der Waals surface area (Å²) in [6.07, 6.45) is 1.59. The number of aromatic nitrogens is 4. The van der Waals surface area contributed by atoms with E-state index < -0.39 is 0 Å². The van der Waals surface area contributed by atoms with Crippen LogP contribution < -0.4 is 10.2 Å². The number of nitrogens with one attached hydrogen (secondary N) is 2. The fraction of sp³-hybridized carbons (Fsp3) is 0.286. The molecule has 0 radical (unpaired) electrons. The Kier molecular flexibility index (Phi) is 4.27. The Hall–Kier alpha value is -2.92. The summed E-state index contributed by atoms with van der Waals surface area (Å²) in [5.74, 6) is 0.263. The average Bonchev–Trinajstić information content (AvgIpc) is 3.11. The number of H-pyrrole nitrogens is 1. The topological polar surface area (TPSA) is 103 Å². The van der Waals surface area contributed by atoms with Crippen molar-refractivity contribution in [3.05, 3.63) is 36.3 Å². The van der Waals surface area contributed by atoms with Crippen molar-refractivity contribution in [2.75, 3.05) is 36.5 Å². The molecule has 112 valence electrons. The first kappa shape index (κ1) is 14.0. The van der Waals surface area contributed by atoms with Gasteiger partial charge in [-0.3, -0.25) is 0 Å². The fourth-order valence-corrected chi connectivity index (χ4v) is 2.25. The molecule has 1 aromatic carbocycles. The van der Waals surface area contributed by atoms with Gasteiger partial charge in [-0.15, -0.1) is 10.2 Å². The number of tetrazole rings is 1. The van der Waals surface area contributed by atoms with Crippen molar-refractivity contribution < 1.29 is 4.74 Å². The largest absolute Gasteiger partial charge is 0.378 e.